The number of aromatic nitrogens is 1. The molecule has 1 unspecified atom stereocenters. The predicted molar refractivity (Wildman–Crippen MR) is 185 cm³/mol. The van der Waals surface area contributed by atoms with Gasteiger partial charge in [0.05, 0.1) is 5.75 Å². The van der Waals surface area contributed by atoms with Gasteiger partial charge >= 0.3 is 6.09 Å². The quantitative estimate of drug-likeness (QED) is 0.0724. The van der Waals surface area contributed by atoms with Crippen LogP contribution in [0.5, 0.6) is 0 Å². The first kappa shape index (κ1) is 39.0. The zero-order chi connectivity index (χ0) is 32.4. The molecule has 0 aliphatic heterocycles. The lowest BCUT2D eigenvalue weighted by atomic mass is 10.0. The maximum Gasteiger partial charge on any atom is 0.407 e. The first-order chi connectivity index (χ1) is 21.9. The molecule has 2 rings (SSSR count). The molecule has 9 heteroatoms. The summed E-state index contributed by atoms with van der Waals surface area (Å²) in [7, 11) is -1.97. The van der Waals surface area contributed by atoms with Gasteiger partial charge in [0.25, 0.3) is 0 Å². The molecule has 2 aromatic rings. The number of ether oxygens (including phenoxy) is 2. The van der Waals surface area contributed by atoms with Crippen LogP contribution in [0.15, 0.2) is 42.6 Å². The van der Waals surface area contributed by atoms with E-state index in [1.807, 2.05) is 24.4 Å². The third-order valence-corrected chi connectivity index (χ3v) is 9.85. The first-order valence-electron chi connectivity index (χ1n) is 17.7. The highest BCUT2D eigenvalue weighted by Gasteiger charge is 2.17. The summed E-state index contributed by atoms with van der Waals surface area (Å²) in [6.45, 7) is 3.65. The van der Waals surface area contributed by atoms with Crippen LogP contribution in [0.25, 0.3) is 10.9 Å². The number of amides is 1. The first-order valence-corrected chi connectivity index (χ1v) is 19.4. The number of fused-ring (bicyclic) bond motifs is 1. The number of para-hydroxylation sites is 1. The van der Waals surface area contributed by atoms with E-state index in [1.165, 1.54) is 97.0 Å². The molecule has 0 saturated heterocycles. The smallest absolute Gasteiger partial charge is 0.407 e. The third-order valence-electron chi connectivity index (χ3n) is 8.41. The molecule has 0 fully saturated rings. The number of hydrogen-bond donors (Lipinski definition) is 2. The molecule has 1 aromatic carbocycles. The molecule has 0 spiro atoms. The highest BCUT2D eigenvalue weighted by Crippen LogP contribution is 2.14. The number of sulfonamides is 1. The number of unbranched alkanes of at least 4 members (excludes halogenated alkanes) is 16. The summed E-state index contributed by atoms with van der Waals surface area (Å²) in [6, 6.07) is 12.2. The van der Waals surface area contributed by atoms with Gasteiger partial charge < -0.3 is 14.8 Å². The maximum atomic E-state index is 12.5. The lowest BCUT2D eigenvalue weighted by Gasteiger charge is -2.16. The van der Waals surface area contributed by atoms with E-state index in [0.29, 0.717) is 13.0 Å². The normalized spacial score (nSPS) is 12.4. The third kappa shape index (κ3) is 19.1. The van der Waals surface area contributed by atoms with Crippen LogP contribution in [-0.4, -0.2) is 53.2 Å². The second kappa shape index (κ2) is 24.9. The van der Waals surface area contributed by atoms with Gasteiger partial charge in [-0.15, -0.1) is 0 Å². The summed E-state index contributed by atoms with van der Waals surface area (Å²) in [5.74, 6) is 0.0371. The Morgan fingerprint density at radius 2 is 1.36 bits per heavy atom. The van der Waals surface area contributed by atoms with E-state index in [-0.39, 0.29) is 18.9 Å². The second-order valence-electron chi connectivity index (χ2n) is 12.3. The van der Waals surface area contributed by atoms with Gasteiger partial charge in [-0.2, -0.15) is 4.57 Å². The number of carbonyl (C=O) groups excluding carboxylic acids is 1. The number of alkyl carbamates (subject to hydrolysis) is 1. The van der Waals surface area contributed by atoms with Crippen molar-refractivity contribution < 1.29 is 27.3 Å². The molecule has 0 aliphatic carbocycles. The molecule has 1 aromatic heterocycles. The van der Waals surface area contributed by atoms with Gasteiger partial charge in [0.15, 0.2) is 6.20 Å². The Balaban J connectivity index is 1.42. The SMILES string of the molecule is CCCCCCCCCCCCCCCCCCNC(=O)OCC(CNS(=O)(=O)CCCC[n+]1cccc2ccccc21)OC. The molecule has 0 aliphatic rings. The van der Waals surface area contributed by atoms with E-state index in [1.54, 1.807) is 0 Å². The largest absolute Gasteiger partial charge is 0.447 e. The van der Waals surface area contributed by atoms with Crippen molar-refractivity contribution in [3.63, 3.8) is 0 Å². The molecule has 0 saturated carbocycles. The fourth-order valence-electron chi connectivity index (χ4n) is 5.58. The topological polar surface area (TPSA) is 97.6 Å². The molecular formula is C36H62N3O5S+. The Kier molecular flexibility index (Phi) is 21.6. The number of pyridine rings is 1. The van der Waals surface area contributed by atoms with Gasteiger partial charge in [-0.3, -0.25) is 0 Å². The summed E-state index contributed by atoms with van der Waals surface area (Å²) in [6.07, 6.45) is 23.3. The number of nitrogens with zero attached hydrogens (tertiary/aromatic N) is 1. The van der Waals surface area contributed by atoms with Crippen molar-refractivity contribution >= 4 is 27.0 Å². The molecular weight excluding hydrogens is 586 g/mol. The Labute approximate surface area is 274 Å². The second-order valence-corrected chi connectivity index (χ2v) is 14.2. The summed E-state index contributed by atoms with van der Waals surface area (Å²) in [5.41, 5.74) is 1.14. The van der Waals surface area contributed by atoms with Crippen LogP contribution in [0.1, 0.15) is 122 Å². The van der Waals surface area contributed by atoms with Gasteiger partial charge in [0.1, 0.15) is 19.3 Å². The average molecular weight is 649 g/mol. The minimum Gasteiger partial charge on any atom is -0.447 e. The Hall–Kier alpha value is -2.23. The van der Waals surface area contributed by atoms with E-state index in [2.05, 4.69) is 39.7 Å². The van der Waals surface area contributed by atoms with Crippen LogP contribution in [0.3, 0.4) is 0 Å². The zero-order valence-electron chi connectivity index (χ0n) is 28.3. The molecule has 1 amide bonds. The van der Waals surface area contributed by atoms with Crippen LogP contribution in [0.2, 0.25) is 0 Å². The summed E-state index contributed by atoms with van der Waals surface area (Å²) >= 11 is 0. The number of methoxy groups -OCH3 is 1. The molecule has 45 heavy (non-hydrogen) atoms. The molecule has 0 bridgehead atoms. The van der Waals surface area contributed by atoms with Gasteiger partial charge in [0, 0.05) is 44.1 Å². The number of nitrogens with one attached hydrogen (secondary N) is 2. The maximum absolute atomic E-state index is 12.5. The Bertz CT molecular complexity index is 1140. The van der Waals surface area contributed by atoms with Crippen molar-refractivity contribution in [3.05, 3.63) is 42.6 Å². The van der Waals surface area contributed by atoms with E-state index in [4.69, 9.17) is 9.47 Å². The molecule has 2 N–H and O–H groups in total. The number of hydrogen-bond acceptors (Lipinski definition) is 5. The molecule has 1 atom stereocenters. The van der Waals surface area contributed by atoms with Gasteiger partial charge in [0.2, 0.25) is 15.5 Å². The van der Waals surface area contributed by atoms with Crippen molar-refractivity contribution in [1.82, 2.24) is 10.0 Å². The van der Waals surface area contributed by atoms with Crippen LogP contribution in [-0.2, 0) is 26.0 Å². The zero-order valence-corrected chi connectivity index (χ0v) is 29.1. The highest BCUT2D eigenvalue weighted by atomic mass is 32.2. The van der Waals surface area contributed by atoms with Crippen molar-refractivity contribution in [1.29, 1.82) is 0 Å². The molecule has 8 nitrogen and oxygen atoms in total. The predicted octanol–water partition coefficient (Wildman–Crippen LogP) is 7.83. The van der Waals surface area contributed by atoms with E-state index < -0.39 is 22.2 Å². The Morgan fingerprint density at radius 1 is 0.778 bits per heavy atom. The summed E-state index contributed by atoms with van der Waals surface area (Å²) < 4.78 is 40.3. The summed E-state index contributed by atoms with van der Waals surface area (Å²) in [4.78, 5) is 12.1. The van der Waals surface area contributed by atoms with Crippen LogP contribution in [0, 0.1) is 0 Å². The van der Waals surface area contributed by atoms with Gasteiger partial charge in [-0.1, -0.05) is 115 Å². The van der Waals surface area contributed by atoms with Gasteiger partial charge in [-0.05, 0) is 25.0 Å². The summed E-state index contributed by atoms with van der Waals surface area (Å²) in [5, 5.41) is 3.95. The lowest BCUT2D eigenvalue weighted by molar-refractivity contribution is -0.671. The highest BCUT2D eigenvalue weighted by molar-refractivity contribution is 7.89. The minimum atomic E-state index is -3.46. The van der Waals surface area contributed by atoms with Crippen molar-refractivity contribution in [2.75, 3.05) is 32.6 Å². The van der Waals surface area contributed by atoms with Crippen LogP contribution in [0.4, 0.5) is 4.79 Å². The minimum absolute atomic E-state index is 0.0124. The average Bonchev–Trinajstić information content (AvgIpc) is 3.04. The van der Waals surface area contributed by atoms with E-state index in [0.717, 1.165) is 36.7 Å². The Morgan fingerprint density at radius 3 is 1.98 bits per heavy atom. The fourth-order valence-corrected chi connectivity index (χ4v) is 6.74. The van der Waals surface area contributed by atoms with Crippen molar-refractivity contribution in [2.24, 2.45) is 0 Å². The molecule has 1 heterocycles. The number of rotatable bonds is 28. The van der Waals surface area contributed by atoms with Crippen molar-refractivity contribution in [3.8, 4) is 0 Å². The number of aryl methyl sites for hydroxylation is 1. The number of carbonyl (C=O) groups is 1. The van der Waals surface area contributed by atoms with E-state index in [9.17, 15) is 13.2 Å². The van der Waals surface area contributed by atoms with Gasteiger partial charge in [-0.25, -0.2) is 17.9 Å². The lowest BCUT2D eigenvalue weighted by Crippen LogP contribution is -2.39. The fraction of sp³-hybridized carbons (Fsp3) is 0.722. The van der Waals surface area contributed by atoms with Crippen molar-refractivity contribution in [2.45, 2.75) is 135 Å². The van der Waals surface area contributed by atoms with Crippen LogP contribution >= 0.6 is 0 Å². The molecule has 256 valence electrons. The van der Waals surface area contributed by atoms with Crippen LogP contribution < -0.4 is 14.6 Å². The monoisotopic (exact) mass is 648 g/mol. The standard InChI is InChI=1S/C36H61N3O5S/c1-3-4-5-6-7-8-9-10-11-12-13-14-15-16-17-20-27-37-36(40)44-32-34(43-2)31-38-45(41,42)30-22-21-28-39-29-23-25-33-24-18-19-26-35(33)39/h18-19,23-26,29,34,38H,3-17,20-22,27-28,30-32H2,1-2H3/p+1. The number of benzene rings is 1. The molecule has 0 radical (unpaired) electrons. The van der Waals surface area contributed by atoms with E-state index >= 15 is 0 Å².